The molecule has 0 bridgehead atoms. The molecule has 0 heterocycles. The smallest absolute Gasteiger partial charge is 0.341 e. The van der Waals surface area contributed by atoms with Crippen molar-refractivity contribution in [1.82, 2.24) is 0 Å². The highest BCUT2D eigenvalue weighted by Crippen LogP contribution is 2.29. The molecule has 1 aromatic carbocycles. The number of hydrogen-bond acceptors (Lipinski definition) is 5. The largest absolute Gasteiger partial charge is 0.468 e. The molecule has 0 aromatic heterocycles. The number of methoxy groups -OCH3 is 1. The van der Waals surface area contributed by atoms with E-state index >= 15 is 0 Å². The molecule has 0 unspecified atom stereocenters. The van der Waals surface area contributed by atoms with E-state index in [1.165, 1.54) is 30.2 Å². The number of carbonyl (C=O) groups excluding carboxylic acids is 1. The predicted molar refractivity (Wildman–Crippen MR) is 74.2 cm³/mol. The number of para-hydroxylation sites is 1. The number of halogens is 2. The number of alkyl halides is 2. The lowest BCUT2D eigenvalue weighted by molar-refractivity contribution is -0.138. The van der Waals surface area contributed by atoms with Gasteiger partial charge in [0.05, 0.1) is 17.7 Å². The van der Waals surface area contributed by atoms with Gasteiger partial charge < -0.3 is 9.64 Å². The van der Waals surface area contributed by atoms with Crippen LogP contribution in [0.2, 0.25) is 0 Å². The number of nitrogens with zero attached hydrogens (tertiary/aromatic N) is 1. The summed E-state index contributed by atoms with van der Waals surface area (Å²) in [6.07, 6.45) is 0.611. The fourth-order valence-corrected chi connectivity index (χ4v) is 2.78. The van der Waals surface area contributed by atoms with Crippen molar-refractivity contribution in [3.8, 4) is 0 Å². The fourth-order valence-electron chi connectivity index (χ4n) is 1.83. The van der Waals surface area contributed by atoms with E-state index in [4.69, 9.17) is 0 Å². The Labute approximate surface area is 122 Å². The molecule has 0 radical (unpaired) electrons. The molecular formula is C13H17F2NO4S. The van der Waals surface area contributed by atoms with E-state index in [-0.39, 0.29) is 12.2 Å². The van der Waals surface area contributed by atoms with E-state index in [1.54, 1.807) is 0 Å². The SMILES string of the molecule is CCCN(CC(=O)OC)c1ccccc1S(=O)(=O)C(F)F. The third kappa shape index (κ3) is 4.13. The maximum atomic E-state index is 12.8. The van der Waals surface area contributed by atoms with Gasteiger partial charge >= 0.3 is 11.7 Å². The van der Waals surface area contributed by atoms with Gasteiger partial charge in [-0.15, -0.1) is 0 Å². The highest BCUT2D eigenvalue weighted by atomic mass is 32.2. The minimum absolute atomic E-state index is 0.0741. The zero-order valence-corrected chi connectivity index (χ0v) is 12.6. The Morgan fingerprint density at radius 3 is 2.48 bits per heavy atom. The Morgan fingerprint density at radius 1 is 1.33 bits per heavy atom. The Balaban J connectivity index is 3.30. The molecule has 0 amide bonds. The standard InChI is InChI=1S/C13H17F2NO4S/c1-3-8-16(9-12(17)20-2)10-6-4-5-7-11(10)21(18,19)13(14)15/h4-7,13H,3,8-9H2,1-2H3. The van der Waals surface area contributed by atoms with Gasteiger partial charge in [-0.1, -0.05) is 19.1 Å². The van der Waals surface area contributed by atoms with Crippen LogP contribution in [0, 0.1) is 0 Å². The lowest BCUT2D eigenvalue weighted by Gasteiger charge is -2.25. The first-order valence-corrected chi connectivity index (χ1v) is 7.82. The maximum Gasteiger partial charge on any atom is 0.341 e. The number of rotatable bonds is 7. The molecule has 0 spiro atoms. The number of carbonyl (C=O) groups is 1. The van der Waals surface area contributed by atoms with Crippen LogP contribution in [0.25, 0.3) is 0 Å². The molecule has 21 heavy (non-hydrogen) atoms. The number of benzene rings is 1. The second-order valence-corrected chi connectivity index (χ2v) is 6.16. The number of esters is 1. The minimum atomic E-state index is -4.74. The first-order valence-electron chi connectivity index (χ1n) is 6.27. The summed E-state index contributed by atoms with van der Waals surface area (Å²) in [5.41, 5.74) is 0.0741. The predicted octanol–water partition coefficient (Wildman–Crippen LogP) is 2.07. The van der Waals surface area contributed by atoms with Gasteiger partial charge in [0.2, 0.25) is 9.84 Å². The van der Waals surface area contributed by atoms with Gasteiger partial charge in [0.25, 0.3) is 0 Å². The molecule has 0 saturated carbocycles. The zero-order chi connectivity index (χ0) is 16.0. The lowest BCUT2D eigenvalue weighted by Crippen LogP contribution is -2.32. The van der Waals surface area contributed by atoms with E-state index in [1.807, 2.05) is 6.92 Å². The van der Waals surface area contributed by atoms with Crippen LogP contribution in [-0.2, 0) is 19.4 Å². The molecular weight excluding hydrogens is 304 g/mol. The average Bonchev–Trinajstić information content (AvgIpc) is 2.46. The van der Waals surface area contributed by atoms with Crippen molar-refractivity contribution in [2.45, 2.75) is 24.0 Å². The van der Waals surface area contributed by atoms with E-state index in [9.17, 15) is 22.0 Å². The van der Waals surface area contributed by atoms with Gasteiger partial charge in [-0.2, -0.15) is 8.78 Å². The third-order valence-corrected chi connectivity index (χ3v) is 4.22. The van der Waals surface area contributed by atoms with E-state index in [0.717, 1.165) is 6.07 Å². The summed E-state index contributed by atoms with van der Waals surface area (Å²) >= 11 is 0. The molecule has 0 aliphatic carbocycles. The second-order valence-electron chi connectivity index (χ2n) is 4.27. The fraction of sp³-hybridized carbons (Fsp3) is 0.462. The molecule has 0 N–H and O–H groups in total. The van der Waals surface area contributed by atoms with Crippen molar-refractivity contribution >= 4 is 21.5 Å². The number of anilines is 1. The van der Waals surface area contributed by atoms with Crippen LogP contribution in [0.5, 0.6) is 0 Å². The van der Waals surface area contributed by atoms with Crippen LogP contribution >= 0.6 is 0 Å². The summed E-state index contributed by atoms with van der Waals surface area (Å²) < 4.78 is 53.5. The molecule has 8 heteroatoms. The number of hydrogen-bond donors (Lipinski definition) is 0. The molecule has 1 rings (SSSR count). The minimum Gasteiger partial charge on any atom is -0.468 e. The lowest BCUT2D eigenvalue weighted by atomic mass is 10.2. The summed E-state index contributed by atoms with van der Waals surface area (Å²) in [6, 6.07) is 5.39. The van der Waals surface area contributed by atoms with Crippen LogP contribution in [-0.4, -0.2) is 40.3 Å². The van der Waals surface area contributed by atoms with Crippen molar-refractivity contribution in [2.24, 2.45) is 0 Å². The quantitative estimate of drug-likeness (QED) is 0.720. The van der Waals surface area contributed by atoms with Crippen LogP contribution in [0.4, 0.5) is 14.5 Å². The molecule has 0 fully saturated rings. The Morgan fingerprint density at radius 2 is 1.95 bits per heavy atom. The number of ether oxygens (including phenoxy) is 1. The molecule has 1 aromatic rings. The van der Waals surface area contributed by atoms with Gasteiger partial charge in [0.15, 0.2) is 0 Å². The monoisotopic (exact) mass is 321 g/mol. The normalized spacial score (nSPS) is 11.5. The summed E-state index contributed by atoms with van der Waals surface area (Å²) in [6.45, 7) is 1.96. The second kappa shape index (κ2) is 7.35. The molecule has 5 nitrogen and oxygen atoms in total. The van der Waals surface area contributed by atoms with Crippen LogP contribution in [0.15, 0.2) is 29.2 Å². The van der Waals surface area contributed by atoms with Crippen molar-refractivity contribution in [3.05, 3.63) is 24.3 Å². The third-order valence-electron chi connectivity index (χ3n) is 2.79. The molecule has 0 saturated heterocycles. The van der Waals surface area contributed by atoms with Gasteiger partial charge in [-0.25, -0.2) is 8.42 Å². The first kappa shape index (κ1) is 17.4. The topological polar surface area (TPSA) is 63.7 Å². The van der Waals surface area contributed by atoms with Crippen molar-refractivity contribution in [3.63, 3.8) is 0 Å². The van der Waals surface area contributed by atoms with Crippen LogP contribution in [0.1, 0.15) is 13.3 Å². The molecule has 0 aliphatic heterocycles. The Hall–Kier alpha value is -1.70. The van der Waals surface area contributed by atoms with Gasteiger partial charge in [-0.05, 0) is 18.6 Å². The van der Waals surface area contributed by atoms with E-state index < -0.39 is 26.5 Å². The van der Waals surface area contributed by atoms with Gasteiger partial charge in [-0.3, -0.25) is 4.79 Å². The molecule has 0 atom stereocenters. The maximum absolute atomic E-state index is 12.8. The number of sulfone groups is 1. The Kier molecular flexibility index (Phi) is 6.07. The highest BCUT2D eigenvalue weighted by molar-refractivity contribution is 7.91. The zero-order valence-electron chi connectivity index (χ0n) is 11.8. The van der Waals surface area contributed by atoms with Crippen LogP contribution in [0.3, 0.4) is 0 Å². The van der Waals surface area contributed by atoms with Crippen LogP contribution < -0.4 is 4.90 Å². The Bertz CT molecular complexity index is 590. The molecule has 0 aliphatic rings. The highest BCUT2D eigenvalue weighted by Gasteiger charge is 2.30. The van der Waals surface area contributed by atoms with Gasteiger partial charge in [0, 0.05) is 6.54 Å². The van der Waals surface area contributed by atoms with Crippen molar-refractivity contribution < 1.29 is 26.7 Å². The van der Waals surface area contributed by atoms with E-state index in [2.05, 4.69) is 4.74 Å². The first-order chi connectivity index (χ1) is 9.84. The molecule has 118 valence electrons. The summed E-state index contributed by atoms with van der Waals surface area (Å²) in [5, 5.41) is 0. The van der Waals surface area contributed by atoms with Gasteiger partial charge in [0.1, 0.15) is 6.54 Å². The van der Waals surface area contributed by atoms with E-state index in [0.29, 0.717) is 13.0 Å². The summed E-state index contributed by atoms with van der Waals surface area (Å²) in [5.74, 6) is -4.09. The summed E-state index contributed by atoms with van der Waals surface area (Å²) in [7, 11) is -3.54. The van der Waals surface area contributed by atoms with Crippen molar-refractivity contribution in [2.75, 3.05) is 25.1 Å². The summed E-state index contributed by atoms with van der Waals surface area (Å²) in [4.78, 5) is 12.3. The van der Waals surface area contributed by atoms with Crippen molar-refractivity contribution in [1.29, 1.82) is 0 Å². The average molecular weight is 321 g/mol.